The molecule has 2 aromatic carbocycles. The van der Waals surface area contributed by atoms with E-state index in [0.717, 1.165) is 10.8 Å². The zero-order chi connectivity index (χ0) is 28.3. The molecule has 0 unspecified atom stereocenters. The molecular formula is C33H48O2Si2. The molecule has 37 heavy (non-hydrogen) atoms. The van der Waals surface area contributed by atoms with Crippen molar-refractivity contribution >= 4 is 32.9 Å². The molecule has 0 atom stereocenters. The Hall–Kier alpha value is -2.28. The summed E-state index contributed by atoms with van der Waals surface area (Å²) >= 11 is 0. The van der Waals surface area contributed by atoms with Crippen LogP contribution in [-0.2, 0) is 0 Å². The summed E-state index contributed by atoms with van der Waals surface area (Å²) in [4.78, 5) is 12.8. The summed E-state index contributed by atoms with van der Waals surface area (Å²) in [7, 11) is -4.08. The van der Waals surface area contributed by atoms with Crippen LogP contribution < -0.4 is 0 Å². The van der Waals surface area contributed by atoms with Crippen molar-refractivity contribution in [2.24, 2.45) is 0 Å². The Bertz CT molecular complexity index is 1200. The second kappa shape index (κ2) is 12.1. The van der Waals surface area contributed by atoms with Crippen LogP contribution in [0.1, 0.15) is 105 Å². The van der Waals surface area contributed by atoms with E-state index >= 15 is 0 Å². The highest BCUT2D eigenvalue weighted by Crippen LogP contribution is 2.42. The molecule has 0 radical (unpaired) electrons. The summed E-state index contributed by atoms with van der Waals surface area (Å²) in [5.41, 5.74) is 11.8. The Labute approximate surface area is 228 Å². The van der Waals surface area contributed by atoms with Crippen LogP contribution in [0.4, 0.5) is 0 Å². The third kappa shape index (κ3) is 5.77. The van der Waals surface area contributed by atoms with E-state index in [1.165, 1.54) is 0 Å². The quantitative estimate of drug-likeness (QED) is 0.285. The molecule has 4 heteroatoms. The molecule has 0 amide bonds. The molecule has 0 saturated carbocycles. The lowest BCUT2D eigenvalue weighted by atomic mass is 9.94. The van der Waals surface area contributed by atoms with Gasteiger partial charge in [0.1, 0.15) is 16.1 Å². The average molecular weight is 533 g/mol. The number of benzene rings is 2. The van der Waals surface area contributed by atoms with Crippen LogP contribution in [-0.4, -0.2) is 27.2 Å². The first-order valence-electron chi connectivity index (χ1n) is 14.0. The van der Waals surface area contributed by atoms with E-state index in [4.69, 9.17) is 0 Å². The van der Waals surface area contributed by atoms with Crippen molar-refractivity contribution in [1.29, 1.82) is 0 Å². The highest BCUT2D eigenvalue weighted by molar-refractivity contribution is 6.91. The molecular weight excluding hydrogens is 485 g/mol. The zero-order valence-corrected chi connectivity index (χ0v) is 27.2. The van der Waals surface area contributed by atoms with Crippen molar-refractivity contribution in [2.75, 3.05) is 0 Å². The number of carbonyl (C=O) groups is 1. The molecule has 0 heterocycles. The molecule has 2 rings (SSSR count). The molecule has 0 aliphatic rings. The Balaban J connectivity index is 3.02. The highest BCUT2D eigenvalue weighted by Gasteiger charge is 2.43. The van der Waals surface area contributed by atoms with Gasteiger partial charge in [0.05, 0.1) is 5.56 Å². The summed E-state index contributed by atoms with van der Waals surface area (Å²) in [6.45, 7) is 27.4. The number of hydrogen-bond donors (Lipinski definition) is 1. The summed E-state index contributed by atoms with van der Waals surface area (Å²) in [6, 6.07) is 9.99. The minimum Gasteiger partial charge on any atom is -0.478 e. The third-order valence-electron chi connectivity index (χ3n) is 8.81. The van der Waals surface area contributed by atoms with Gasteiger partial charge in [-0.25, -0.2) is 4.79 Å². The van der Waals surface area contributed by atoms with Crippen LogP contribution in [0, 0.1) is 22.9 Å². The topological polar surface area (TPSA) is 37.3 Å². The lowest BCUT2D eigenvalue weighted by Crippen LogP contribution is -2.43. The monoisotopic (exact) mass is 532 g/mol. The molecule has 0 aliphatic carbocycles. The van der Waals surface area contributed by atoms with Gasteiger partial charge in [-0.15, -0.1) is 11.1 Å². The van der Waals surface area contributed by atoms with Crippen LogP contribution in [0.5, 0.6) is 0 Å². The first-order chi connectivity index (χ1) is 17.1. The molecule has 2 aromatic rings. The highest BCUT2D eigenvalue weighted by atomic mass is 28.3. The molecule has 0 aliphatic heterocycles. The Morgan fingerprint density at radius 1 is 0.676 bits per heavy atom. The predicted octanol–water partition coefficient (Wildman–Crippen LogP) is 9.68. The van der Waals surface area contributed by atoms with E-state index in [2.05, 4.69) is 106 Å². The molecule has 0 saturated heterocycles. The fourth-order valence-electron chi connectivity index (χ4n) is 7.01. The van der Waals surface area contributed by atoms with Gasteiger partial charge in [0.15, 0.2) is 0 Å². The molecule has 0 aromatic heterocycles. The van der Waals surface area contributed by atoms with Gasteiger partial charge in [-0.1, -0.05) is 119 Å². The lowest BCUT2D eigenvalue weighted by Gasteiger charge is -2.38. The standard InChI is InChI=1S/C33H48O2Si2/c1-22(2)36(23(3)4,24(5)6)19-17-29-21-28-15-13-14-16-30(28)31(32(29)33(34)35)18-20-37(25(7)8,26(9)10)27(11)12/h13-16,21-27H,1-12H3,(H,34,35). The van der Waals surface area contributed by atoms with E-state index in [1.54, 1.807) is 0 Å². The second-order valence-corrected chi connectivity index (χ2v) is 23.7. The van der Waals surface area contributed by atoms with E-state index in [0.29, 0.717) is 44.4 Å². The van der Waals surface area contributed by atoms with Crippen LogP contribution in [0.3, 0.4) is 0 Å². The van der Waals surface area contributed by atoms with Crippen LogP contribution in [0.15, 0.2) is 30.3 Å². The van der Waals surface area contributed by atoms with Crippen molar-refractivity contribution in [2.45, 2.75) is 116 Å². The van der Waals surface area contributed by atoms with E-state index in [9.17, 15) is 9.90 Å². The number of hydrogen-bond acceptors (Lipinski definition) is 1. The Kier molecular flexibility index (Phi) is 10.1. The first-order valence-corrected chi connectivity index (χ1v) is 18.5. The van der Waals surface area contributed by atoms with Gasteiger partial charge in [-0.2, -0.15) is 0 Å². The largest absolute Gasteiger partial charge is 0.478 e. The number of fused-ring (bicyclic) bond motifs is 1. The molecule has 0 spiro atoms. The smallest absolute Gasteiger partial charge is 0.338 e. The van der Waals surface area contributed by atoms with Gasteiger partial charge in [0.2, 0.25) is 0 Å². The molecule has 0 fully saturated rings. The van der Waals surface area contributed by atoms with Gasteiger partial charge >= 0.3 is 5.97 Å². The summed E-state index contributed by atoms with van der Waals surface area (Å²) in [6.07, 6.45) is 0. The Morgan fingerprint density at radius 2 is 1.08 bits per heavy atom. The van der Waals surface area contributed by atoms with Crippen molar-refractivity contribution in [3.05, 3.63) is 47.0 Å². The van der Waals surface area contributed by atoms with Crippen LogP contribution in [0.2, 0.25) is 33.2 Å². The van der Waals surface area contributed by atoms with Gasteiger partial charge < -0.3 is 5.11 Å². The van der Waals surface area contributed by atoms with Crippen molar-refractivity contribution < 1.29 is 9.90 Å². The summed E-state index contributed by atoms with van der Waals surface area (Å²) < 4.78 is 0. The van der Waals surface area contributed by atoms with Gasteiger partial charge in [0.25, 0.3) is 0 Å². The number of carboxylic acid groups (broad SMARTS) is 1. The van der Waals surface area contributed by atoms with E-state index in [-0.39, 0.29) is 5.56 Å². The average Bonchev–Trinajstić information content (AvgIpc) is 2.77. The van der Waals surface area contributed by atoms with Gasteiger partial charge in [-0.05, 0) is 50.1 Å². The minimum atomic E-state index is -2.05. The number of carboxylic acids is 1. The summed E-state index contributed by atoms with van der Waals surface area (Å²) in [5.74, 6) is 6.01. The van der Waals surface area contributed by atoms with Crippen LogP contribution in [0.25, 0.3) is 10.8 Å². The maximum absolute atomic E-state index is 12.8. The molecule has 200 valence electrons. The second-order valence-electron chi connectivity index (χ2n) is 12.5. The van der Waals surface area contributed by atoms with Crippen molar-refractivity contribution in [3.63, 3.8) is 0 Å². The SMILES string of the molecule is CC(C)[Si](C#Cc1cc2ccccc2c(C#C[Si](C(C)C)(C(C)C)C(C)C)c1C(=O)O)(C(C)C)C(C)C. The number of rotatable bonds is 7. The fraction of sp³-hybridized carbons (Fsp3) is 0.545. The van der Waals surface area contributed by atoms with Crippen molar-refractivity contribution in [3.8, 4) is 22.9 Å². The molecule has 2 nitrogen and oxygen atoms in total. The summed E-state index contributed by atoms with van der Waals surface area (Å²) in [5, 5.41) is 12.4. The zero-order valence-electron chi connectivity index (χ0n) is 25.2. The Morgan fingerprint density at radius 3 is 1.49 bits per heavy atom. The van der Waals surface area contributed by atoms with Gasteiger partial charge in [-0.3, -0.25) is 0 Å². The van der Waals surface area contributed by atoms with Gasteiger partial charge in [0, 0.05) is 11.1 Å². The maximum Gasteiger partial charge on any atom is 0.338 e. The number of aromatic carboxylic acids is 1. The van der Waals surface area contributed by atoms with Crippen LogP contribution >= 0.6 is 0 Å². The fourth-order valence-corrected chi connectivity index (χ4v) is 17.4. The minimum absolute atomic E-state index is 0.261. The third-order valence-corrected chi connectivity index (χ3v) is 21.4. The maximum atomic E-state index is 12.8. The first kappa shape index (κ1) is 30.9. The lowest BCUT2D eigenvalue weighted by molar-refractivity contribution is 0.0696. The van der Waals surface area contributed by atoms with E-state index in [1.807, 2.05) is 30.3 Å². The normalized spacial score (nSPS) is 12.5. The molecule has 1 N–H and O–H groups in total. The molecule has 0 bridgehead atoms. The van der Waals surface area contributed by atoms with Crippen molar-refractivity contribution in [1.82, 2.24) is 0 Å². The van der Waals surface area contributed by atoms with E-state index < -0.39 is 22.1 Å². The predicted molar refractivity (Wildman–Crippen MR) is 167 cm³/mol.